The third kappa shape index (κ3) is 4.11. The number of nitro benzene ring substituents is 1. The average molecular weight is 334 g/mol. The standard InChI is InChI=1S/C17H22N2O5/c1-4-23-16-10-17(24-5-2)14(19(21)22)9-12(16)8-13-11-18(3)7-6-15(13)20/h8-10H,4-7,11H2,1-3H3/b13-8+. The van der Waals surface area contributed by atoms with E-state index in [1.807, 2.05) is 18.9 Å². The van der Waals surface area contributed by atoms with E-state index in [9.17, 15) is 14.9 Å². The molecule has 0 radical (unpaired) electrons. The maximum absolute atomic E-state index is 12.1. The summed E-state index contributed by atoms with van der Waals surface area (Å²) in [6.45, 7) is 5.56. The molecule has 24 heavy (non-hydrogen) atoms. The molecule has 130 valence electrons. The van der Waals surface area contributed by atoms with Gasteiger partial charge in [-0.2, -0.15) is 0 Å². The fraction of sp³-hybridized carbons (Fsp3) is 0.471. The number of ketones is 1. The average Bonchev–Trinajstić information content (AvgIpc) is 2.53. The molecule has 1 aliphatic heterocycles. The molecule has 1 heterocycles. The Labute approximate surface area is 141 Å². The van der Waals surface area contributed by atoms with Crippen LogP contribution in [0, 0.1) is 10.1 Å². The van der Waals surface area contributed by atoms with Gasteiger partial charge in [0.25, 0.3) is 0 Å². The van der Waals surface area contributed by atoms with Crippen molar-refractivity contribution < 1.29 is 19.2 Å². The van der Waals surface area contributed by atoms with Gasteiger partial charge in [-0.05, 0) is 27.0 Å². The summed E-state index contributed by atoms with van der Waals surface area (Å²) < 4.78 is 10.9. The quantitative estimate of drug-likeness (QED) is 0.452. The smallest absolute Gasteiger partial charge is 0.311 e. The lowest BCUT2D eigenvalue weighted by molar-refractivity contribution is -0.385. The van der Waals surface area contributed by atoms with Crippen LogP contribution in [0.25, 0.3) is 6.08 Å². The number of ether oxygens (including phenoxy) is 2. The molecule has 0 aromatic heterocycles. The number of hydrogen-bond acceptors (Lipinski definition) is 6. The summed E-state index contributed by atoms with van der Waals surface area (Å²) in [5.41, 5.74) is 1.01. The largest absolute Gasteiger partial charge is 0.493 e. The van der Waals surface area contributed by atoms with E-state index in [1.165, 1.54) is 12.1 Å². The molecule has 0 aliphatic carbocycles. The molecule has 0 unspecified atom stereocenters. The summed E-state index contributed by atoms with van der Waals surface area (Å²) in [6, 6.07) is 2.93. The molecule has 2 rings (SSSR count). The number of hydrogen-bond donors (Lipinski definition) is 0. The molecule has 1 saturated heterocycles. The van der Waals surface area contributed by atoms with E-state index in [2.05, 4.69) is 0 Å². The fourth-order valence-electron chi connectivity index (χ4n) is 2.60. The first-order valence-electron chi connectivity index (χ1n) is 7.96. The van der Waals surface area contributed by atoms with Crippen molar-refractivity contribution in [3.05, 3.63) is 33.4 Å². The minimum atomic E-state index is -0.489. The van der Waals surface area contributed by atoms with Crippen molar-refractivity contribution in [3.8, 4) is 11.5 Å². The molecular weight excluding hydrogens is 312 g/mol. The van der Waals surface area contributed by atoms with E-state index in [0.717, 1.165) is 6.54 Å². The first-order chi connectivity index (χ1) is 11.5. The van der Waals surface area contributed by atoms with Crippen LogP contribution >= 0.6 is 0 Å². The van der Waals surface area contributed by atoms with Crippen LogP contribution in [0.5, 0.6) is 11.5 Å². The number of likely N-dealkylation sites (N-methyl/N-ethyl adjacent to an activating group) is 1. The summed E-state index contributed by atoms with van der Waals surface area (Å²) in [4.78, 5) is 25.0. The van der Waals surface area contributed by atoms with Gasteiger partial charge in [-0.25, -0.2) is 0 Å². The number of piperidine rings is 1. The Morgan fingerprint density at radius 1 is 1.25 bits per heavy atom. The van der Waals surface area contributed by atoms with Gasteiger partial charge in [0.05, 0.1) is 18.1 Å². The highest BCUT2D eigenvalue weighted by molar-refractivity contribution is 6.01. The van der Waals surface area contributed by atoms with Crippen LogP contribution in [0.15, 0.2) is 17.7 Å². The Morgan fingerprint density at radius 3 is 2.54 bits per heavy atom. The molecule has 7 nitrogen and oxygen atoms in total. The molecule has 1 fully saturated rings. The zero-order valence-corrected chi connectivity index (χ0v) is 14.2. The van der Waals surface area contributed by atoms with Crippen LogP contribution < -0.4 is 9.47 Å². The van der Waals surface area contributed by atoms with Crippen LogP contribution in [0.1, 0.15) is 25.8 Å². The predicted octanol–water partition coefficient (Wildman–Crippen LogP) is 2.68. The van der Waals surface area contributed by atoms with Gasteiger partial charge in [0.1, 0.15) is 5.75 Å². The first-order valence-corrected chi connectivity index (χ1v) is 7.96. The SMILES string of the molecule is CCOc1cc(OCC)c([N+](=O)[O-])cc1/C=C1\CN(C)CCC1=O. The number of benzene rings is 1. The number of nitrogens with zero attached hydrogens (tertiary/aromatic N) is 2. The van der Waals surface area contributed by atoms with Crippen LogP contribution in [-0.2, 0) is 4.79 Å². The van der Waals surface area contributed by atoms with E-state index in [1.54, 1.807) is 13.0 Å². The number of nitro groups is 1. The maximum Gasteiger partial charge on any atom is 0.311 e. The topological polar surface area (TPSA) is 81.9 Å². The van der Waals surface area contributed by atoms with Crippen molar-refractivity contribution in [1.82, 2.24) is 4.90 Å². The van der Waals surface area contributed by atoms with Gasteiger partial charge < -0.3 is 14.4 Å². The van der Waals surface area contributed by atoms with Gasteiger partial charge in [-0.3, -0.25) is 14.9 Å². The third-order valence-electron chi connectivity index (χ3n) is 3.74. The third-order valence-corrected chi connectivity index (χ3v) is 3.74. The predicted molar refractivity (Wildman–Crippen MR) is 90.5 cm³/mol. The van der Waals surface area contributed by atoms with Crippen molar-refractivity contribution >= 4 is 17.5 Å². The summed E-state index contributed by atoms with van der Waals surface area (Å²) >= 11 is 0. The number of carbonyl (C=O) groups excluding carboxylic acids is 1. The number of likely N-dealkylation sites (tertiary alicyclic amines) is 1. The minimum absolute atomic E-state index is 0.0621. The Kier molecular flexibility index (Phi) is 5.92. The molecule has 1 aromatic rings. The lowest BCUT2D eigenvalue weighted by Crippen LogP contribution is -2.32. The molecule has 1 aromatic carbocycles. The van der Waals surface area contributed by atoms with Crippen molar-refractivity contribution in [3.63, 3.8) is 0 Å². The van der Waals surface area contributed by atoms with Crippen molar-refractivity contribution in [1.29, 1.82) is 0 Å². The van der Waals surface area contributed by atoms with Crippen molar-refractivity contribution in [2.75, 3.05) is 33.4 Å². The molecule has 0 bridgehead atoms. The molecule has 1 aliphatic rings. The second-order valence-corrected chi connectivity index (χ2v) is 5.56. The van der Waals surface area contributed by atoms with E-state index >= 15 is 0 Å². The molecule has 0 saturated carbocycles. The lowest BCUT2D eigenvalue weighted by atomic mass is 10.00. The lowest BCUT2D eigenvalue weighted by Gasteiger charge is -2.23. The van der Waals surface area contributed by atoms with E-state index in [0.29, 0.717) is 43.1 Å². The second-order valence-electron chi connectivity index (χ2n) is 5.56. The van der Waals surface area contributed by atoms with Crippen LogP contribution in [-0.4, -0.2) is 49.0 Å². The van der Waals surface area contributed by atoms with Gasteiger partial charge >= 0.3 is 5.69 Å². The Morgan fingerprint density at radius 2 is 1.92 bits per heavy atom. The van der Waals surface area contributed by atoms with Crippen LogP contribution in [0.3, 0.4) is 0 Å². The molecule has 0 spiro atoms. The molecule has 0 atom stereocenters. The zero-order valence-electron chi connectivity index (χ0n) is 14.2. The monoisotopic (exact) mass is 334 g/mol. The molecular formula is C17H22N2O5. The van der Waals surface area contributed by atoms with Gasteiger partial charge in [-0.1, -0.05) is 0 Å². The van der Waals surface area contributed by atoms with Gasteiger partial charge in [-0.15, -0.1) is 0 Å². The Hall–Kier alpha value is -2.41. The van der Waals surface area contributed by atoms with Gasteiger partial charge in [0, 0.05) is 42.8 Å². The molecule has 0 amide bonds. The normalized spacial score (nSPS) is 17.1. The summed E-state index contributed by atoms with van der Waals surface area (Å²) in [7, 11) is 1.93. The van der Waals surface area contributed by atoms with Crippen molar-refractivity contribution in [2.45, 2.75) is 20.3 Å². The van der Waals surface area contributed by atoms with Crippen LogP contribution in [0.2, 0.25) is 0 Å². The van der Waals surface area contributed by atoms with Crippen LogP contribution in [0.4, 0.5) is 5.69 Å². The van der Waals surface area contributed by atoms with E-state index in [4.69, 9.17) is 9.47 Å². The van der Waals surface area contributed by atoms with Gasteiger partial charge in [0.2, 0.25) is 5.75 Å². The fourth-order valence-corrected chi connectivity index (χ4v) is 2.60. The number of Topliss-reactive ketones (excluding diaryl/α,β-unsaturated/α-hetero) is 1. The summed E-state index contributed by atoms with van der Waals surface area (Å²) in [5, 5.41) is 11.3. The molecule has 0 N–H and O–H groups in total. The second kappa shape index (κ2) is 7.92. The van der Waals surface area contributed by atoms with E-state index < -0.39 is 4.92 Å². The highest BCUT2D eigenvalue weighted by Crippen LogP contribution is 2.36. The molecule has 7 heteroatoms. The van der Waals surface area contributed by atoms with E-state index in [-0.39, 0.29) is 17.2 Å². The maximum atomic E-state index is 12.1. The summed E-state index contributed by atoms with van der Waals surface area (Å²) in [6.07, 6.45) is 2.14. The summed E-state index contributed by atoms with van der Waals surface area (Å²) in [5.74, 6) is 0.701. The highest BCUT2D eigenvalue weighted by atomic mass is 16.6. The van der Waals surface area contributed by atoms with Crippen molar-refractivity contribution in [2.24, 2.45) is 0 Å². The zero-order chi connectivity index (χ0) is 17.7. The minimum Gasteiger partial charge on any atom is -0.493 e. The number of carbonyl (C=O) groups is 1. The Bertz CT molecular complexity index is 669. The first kappa shape index (κ1) is 17.9. The highest BCUT2D eigenvalue weighted by Gasteiger charge is 2.22. The van der Waals surface area contributed by atoms with Gasteiger partial charge in [0.15, 0.2) is 5.78 Å². The Balaban J connectivity index is 2.52. The number of rotatable bonds is 6.